The van der Waals surface area contributed by atoms with Crippen LogP contribution in [0.2, 0.25) is 0 Å². The van der Waals surface area contributed by atoms with Gasteiger partial charge in [-0.25, -0.2) is 0 Å². The Balaban J connectivity index is 2.58. The van der Waals surface area contributed by atoms with Crippen molar-refractivity contribution in [2.45, 2.75) is 18.2 Å². The summed E-state index contributed by atoms with van der Waals surface area (Å²) in [5.41, 5.74) is 5.46. The minimum absolute atomic E-state index is 0.121. The third-order valence-electron chi connectivity index (χ3n) is 1.92. The van der Waals surface area contributed by atoms with Crippen molar-refractivity contribution in [3.63, 3.8) is 0 Å². The Labute approximate surface area is 90.7 Å². The molecule has 1 aromatic heterocycles. The van der Waals surface area contributed by atoms with E-state index in [1.807, 2.05) is 26.2 Å². The van der Waals surface area contributed by atoms with Gasteiger partial charge in [0.2, 0.25) is 0 Å². The summed E-state index contributed by atoms with van der Waals surface area (Å²) >= 11 is 4.42. The second-order valence-corrected chi connectivity index (χ2v) is 4.26. The molecule has 14 heavy (non-hydrogen) atoms. The number of hydrogen-bond acceptors (Lipinski definition) is 4. The van der Waals surface area contributed by atoms with Gasteiger partial charge in [-0.15, -0.1) is 0 Å². The first-order valence-electron chi connectivity index (χ1n) is 4.75. The molecule has 0 bridgehead atoms. The van der Waals surface area contributed by atoms with E-state index >= 15 is 0 Å². The monoisotopic (exact) mass is 214 g/mol. The Kier molecular flexibility index (Phi) is 4.51. The largest absolute Gasteiger partial charge is 0.464 e. The molecule has 1 rings (SSSR count). The van der Waals surface area contributed by atoms with Crippen LogP contribution in [0.25, 0.3) is 0 Å². The van der Waals surface area contributed by atoms with Crippen molar-refractivity contribution >= 4 is 12.6 Å². The zero-order chi connectivity index (χ0) is 10.6. The van der Waals surface area contributed by atoms with E-state index in [-0.39, 0.29) is 5.25 Å². The topological polar surface area (TPSA) is 42.4 Å². The van der Waals surface area contributed by atoms with Crippen molar-refractivity contribution in [1.82, 2.24) is 4.90 Å². The molecule has 0 saturated heterocycles. The molecule has 1 aromatic rings. The van der Waals surface area contributed by atoms with Crippen molar-refractivity contribution in [3.8, 4) is 0 Å². The van der Waals surface area contributed by atoms with Gasteiger partial charge in [0.1, 0.15) is 11.5 Å². The predicted molar refractivity (Wildman–Crippen MR) is 61.5 cm³/mol. The van der Waals surface area contributed by atoms with Gasteiger partial charge in [-0.05, 0) is 39.2 Å². The van der Waals surface area contributed by atoms with Gasteiger partial charge in [-0.3, -0.25) is 0 Å². The highest BCUT2D eigenvalue weighted by atomic mass is 32.1. The number of nitrogens with two attached hydrogens (primary N) is 1. The highest BCUT2D eigenvalue weighted by molar-refractivity contribution is 7.80. The number of furan rings is 1. The number of hydrogen-bond donors (Lipinski definition) is 2. The maximum Gasteiger partial charge on any atom is 0.118 e. The fourth-order valence-corrected chi connectivity index (χ4v) is 1.56. The average molecular weight is 214 g/mol. The molecule has 0 radical (unpaired) electrons. The van der Waals surface area contributed by atoms with Crippen LogP contribution < -0.4 is 5.73 Å². The molecule has 1 unspecified atom stereocenters. The molecule has 4 heteroatoms. The van der Waals surface area contributed by atoms with Crippen molar-refractivity contribution in [3.05, 3.63) is 23.7 Å². The van der Waals surface area contributed by atoms with E-state index in [4.69, 9.17) is 10.2 Å². The summed E-state index contributed by atoms with van der Waals surface area (Å²) in [4.78, 5) is 2.07. The second-order valence-electron chi connectivity index (χ2n) is 3.64. The van der Waals surface area contributed by atoms with Crippen LogP contribution in [-0.4, -0.2) is 25.5 Å². The Hall–Kier alpha value is -0.450. The zero-order valence-electron chi connectivity index (χ0n) is 8.73. The van der Waals surface area contributed by atoms with Crippen molar-refractivity contribution in [2.75, 3.05) is 20.6 Å². The highest BCUT2D eigenvalue weighted by Gasteiger charge is 2.10. The molecule has 3 nitrogen and oxygen atoms in total. The van der Waals surface area contributed by atoms with Crippen LogP contribution in [0.15, 0.2) is 16.5 Å². The normalized spacial score (nSPS) is 13.5. The molecule has 1 heterocycles. The van der Waals surface area contributed by atoms with Gasteiger partial charge in [0, 0.05) is 0 Å². The minimum atomic E-state index is 0.121. The first kappa shape index (κ1) is 11.6. The molecular weight excluding hydrogens is 196 g/mol. The smallest absolute Gasteiger partial charge is 0.118 e. The molecule has 0 aliphatic carbocycles. The molecule has 0 aromatic carbocycles. The Morgan fingerprint density at radius 3 is 2.79 bits per heavy atom. The summed E-state index contributed by atoms with van der Waals surface area (Å²) in [6.07, 6.45) is 0.845. The standard InChI is InChI=1S/C10H18N2OS/c1-12(2)7-8-3-4-9(13-8)10(14)5-6-11/h3-4,10,14H,5-7,11H2,1-2H3. The molecule has 0 fully saturated rings. The van der Waals surface area contributed by atoms with Crippen LogP contribution in [0.1, 0.15) is 23.2 Å². The van der Waals surface area contributed by atoms with Crippen LogP contribution in [0.3, 0.4) is 0 Å². The lowest BCUT2D eigenvalue weighted by atomic mass is 10.2. The van der Waals surface area contributed by atoms with E-state index in [2.05, 4.69) is 17.5 Å². The Bertz CT molecular complexity index is 273. The Morgan fingerprint density at radius 2 is 2.21 bits per heavy atom. The van der Waals surface area contributed by atoms with E-state index in [0.29, 0.717) is 6.54 Å². The summed E-state index contributed by atoms with van der Waals surface area (Å²) in [6, 6.07) is 3.97. The third-order valence-corrected chi connectivity index (χ3v) is 2.44. The zero-order valence-corrected chi connectivity index (χ0v) is 9.63. The maximum atomic E-state index is 5.64. The van der Waals surface area contributed by atoms with Crippen molar-refractivity contribution < 1.29 is 4.42 Å². The molecule has 0 saturated carbocycles. The van der Waals surface area contributed by atoms with Crippen molar-refractivity contribution in [1.29, 1.82) is 0 Å². The number of rotatable bonds is 5. The van der Waals surface area contributed by atoms with Gasteiger partial charge >= 0.3 is 0 Å². The first-order chi connectivity index (χ1) is 6.63. The van der Waals surface area contributed by atoms with E-state index in [1.165, 1.54) is 0 Å². The van der Waals surface area contributed by atoms with Crippen LogP contribution >= 0.6 is 12.6 Å². The van der Waals surface area contributed by atoms with Crippen LogP contribution in [0, 0.1) is 0 Å². The maximum absolute atomic E-state index is 5.64. The Morgan fingerprint density at radius 1 is 1.50 bits per heavy atom. The molecule has 0 amide bonds. The van der Waals surface area contributed by atoms with Gasteiger partial charge in [-0.2, -0.15) is 12.6 Å². The molecule has 0 aliphatic heterocycles. The van der Waals surface area contributed by atoms with Gasteiger partial charge in [0.15, 0.2) is 0 Å². The molecule has 0 aliphatic rings. The first-order valence-corrected chi connectivity index (χ1v) is 5.26. The second kappa shape index (κ2) is 5.44. The van der Waals surface area contributed by atoms with E-state index in [9.17, 15) is 0 Å². The summed E-state index contributed by atoms with van der Waals surface area (Å²) in [6.45, 7) is 1.46. The summed E-state index contributed by atoms with van der Waals surface area (Å²) in [5, 5.41) is 0.121. The van der Waals surface area contributed by atoms with E-state index in [0.717, 1.165) is 24.5 Å². The lowest BCUT2D eigenvalue weighted by Crippen LogP contribution is -2.09. The molecular formula is C10H18N2OS. The van der Waals surface area contributed by atoms with Gasteiger partial charge in [0.05, 0.1) is 11.8 Å². The minimum Gasteiger partial charge on any atom is -0.464 e. The van der Waals surface area contributed by atoms with Crippen LogP contribution in [0.5, 0.6) is 0 Å². The quantitative estimate of drug-likeness (QED) is 0.733. The van der Waals surface area contributed by atoms with Crippen molar-refractivity contribution in [2.24, 2.45) is 5.73 Å². The van der Waals surface area contributed by atoms with Gasteiger partial charge in [-0.1, -0.05) is 0 Å². The fourth-order valence-electron chi connectivity index (χ4n) is 1.27. The molecule has 2 N–H and O–H groups in total. The van der Waals surface area contributed by atoms with E-state index < -0.39 is 0 Å². The summed E-state index contributed by atoms with van der Waals surface area (Å²) < 4.78 is 5.64. The lowest BCUT2D eigenvalue weighted by molar-refractivity contribution is 0.340. The molecule has 0 spiro atoms. The molecule has 1 atom stereocenters. The average Bonchev–Trinajstić information content (AvgIpc) is 2.52. The lowest BCUT2D eigenvalue weighted by Gasteiger charge is -2.07. The third kappa shape index (κ3) is 3.36. The van der Waals surface area contributed by atoms with E-state index in [1.54, 1.807) is 0 Å². The SMILES string of the molecule is CN(C)Cc1ccc(C(S)CCN)o1. The number of nitrogens with zero attached hydrogens (tertiary/aromatic N) is 1. The molecule has 80 valence electrons. The van der Waals surface area contributed by atoms with Crippen LogP contribution in [0.4, 0.5) is 0 Å². The summed E-state index contributed by atoms with van der Waals surface area (Å²) in [5.74, 6) is 1.89. The summed E-state index contributed by atoms with van der Waals surface area (Å²) in [7, 11) is 4.03. The predicted octanol–water partition coefficient (Wildman–Crippen LogP) is 1.66. The van der Waals surface area contributed by atoms with Gasteiger partial charge in [0.25, 0.3) is 0 Å². The highest BCUT2D eigenvalue weighted by Crippen LogP contribution is 2.25. The van der Waals surface area contributed by atoms with Gasteiger partial charge < -0.3 is 15.1 Å². The number of thiol groups is 1. The van der Waals surface area contributed by atoms with Crippen LogP contribution in [-0.2, 0) is 6.54 Å². The fraction of sp³-hybridized carbons (Fsp3) is 0.600.